The Morgan fingerprint density at radius 1 is 1.29 bits per heavy atom. The van der Waals surface area contributed by atoms with E-state index in [1.54, 1.807) is 7.11 Å². The zero-order chi connectivity index (χ0) is 9.97. The molecule has 0 atom stereocenters. The van der Waals surface area contributed by atoms with Gasteiger partial charge in [0.05, 0.1) is 13.2 Å². The van der Waals surface area contributed by atoms with E-state index in [1.165, 1.54) is 0 Å². The van der Waals surface area contributed by atoms with Gasteiger partial charge >= 0.3 is 0 Å². The summed E-state index contributed by atoms with van der Waals surface area (Å²) in [6.07, 6.45) is 2.73. The van der Waals surface area contributed by atoms with Crippen molar-refractivity contribution in [3.8, 4) is 11.5 Å². The second-order valence-electron chi connectivity index (χ2n) is 3.54. The molecule has 0 heterocycles. The number of hydrogen-bond acceptors (Lipinski definition) is 3. The lowest BCUT2D eigenvalue weighted by Crippen LogP contribution is -2.00. The van der Waals surface area contributed by atoms with E-state index in [1.807, 2.05) is 18.2 Å². The van der Waals surface area contributed by atoms with Gasteiger partial charge in [-0.25, -0.2) is 0 Å². The normalized spacial score (nSPS) is 15.3. The molecule has 2 rings (SSSR count). The zero-order valence-corrected chi connectivity index (χ0v) is 8.32. The van der Waals surface area contributed by atoms with Crippen molar-refractivity contribution in [3.05, 3.63) is 23.8 Å². The first kappa shape index (κ1) is 9.34. The first-order valence-electron chi connectivity index (χ1n) is 4.86. The smallest absolute Gasteiger partial charge is 0.123 e. The van der Waals surface area contributed by atoms with E-state index in [0.29, 0.717) is 12.6 Å². The third-order valence-electron chi connectivity index (χ3n) is 2.24. The SMILES string of the molecule is COc1cc(CN)cc(OC2CC2)c1. The van der Waals surface area contributed by atoms with Crippen molar-refractivity contribution in [2.45, 2.75) is 25.5 Å². The molecule has 0 aromatic heterocycles. The molecule has 1 aliphatic carbocycles. The fraction of sp³-hybridized carbons (Fsp3) is 0.455. The van der Waals surface area contributed by atoms with Gasteiger partial charge in [-0.2, -0.15) is 0 Å². The molecule has 1 aromatic carbocycles. The van der Waals surface area contributed by atoms with Gasteiger partial charge in [0.1, 0.15) is 11.5 Å². The summed E-state index contributed by atoms with van der Waals surface area (Å²) >= 11 is 0. The van der Waals surface area contributed by atoms with Gasteiger partial charge in [0, 0.05) is 12.6 Å². The van der Waals surface area contributed by atoms with Crippen LogP contribution in [0.5, 0.6) is 11.5 Å². The summed E-state index contributed by atoms with van der Waals surface area (Å²) in [6.45, 7) is 0.512. The molecule has 3 nitrogen and oxygen atoms in total. The monoisotopic (exact) mass is 193 g/mol. The third kappa shape index (κ3) is 2.17. The number of benzene rings is 1. The lowest BCUT2D eigenvalue weighted by atomic mass is 10.2. The molecular formula is C11H15NO2. The van der Waals surface area contributed by atoms with Crippen LogP contribution in [0.2, 0.25) is 0 Å². The molecule has 0 aliphatic heterocycles. The van der Waals surface area contributed by atoms with Crippen molar-refractivity contribution in [1.82, 2.24) is 0 Å². The van der Waals surface area contributed by atoms with Crippen LogP contribution in [-0.2, 0) is 6.54 Å². The summed E-state index contributed by atoms with van der Waals surface area (Å²) in [5.74, 6) is 1.68. The maximum Gasteiger partial charge on any atom is 0.123 e. The van der Waals surface area contributed by atoms with Crippen LogP contribution >= 0.6 is 0 Å². The zero-order valence-electron chi connectivity index (χ0n) is 8.32. The minimum Gasteiger partial charge on any atom is -0.497 e. The minimum atomic E-state index is 0.410. The van der Waals surface area contributed by atoms with E-state index in [9.17, 15) is 0 Å². The van der Waals surface area contributed by atoms with Crippen LogP contribution in [0.1, 0.15) is 18.4 Å². The number of hydrogen-bond donors (Lipinski definition) is 1. The van der Waals surface area contributed by atoms with E-state index >= 15 is 0 Å². The van der Waals surface area contributed by atoms with Gasteiger partial charge in [-0.15, -0.1) is 0 Å². The average Bonchev–Trinajstić information content (AvgIpc) is 3.01. The fourth-order valence-corrected chi connectivity index (χ4v) is 1.31. The second kappa shape index (κ2) is 3.88. The van der Waals surface area contributed by atoms with E-state index in [-0.39, 0.29) is 0 Å². The molecule has 1 saturated carbocycles. The van der Waals surface area contributed by atoms with Crippen molar-refractivity contribution >= 4 is 0 Å². The first-order valence-corrected chi connectivity index (χ1v) is 4.86. The van der Waals surface area contributed by atoms with Gasteiger partial charge in [-0.1, -0.05) is 0 Å². The highest BCUT2D eigenvalue weighted by Gasteiger charge is 2.23. The van der Waals surface area contributed by atoms with Crippen molar-refractivity contribution in [2.75, 3.05) is 7.11 Å². The summed E-state index contributed by atoms with van der Waals surface area (Å²) in [7, 11) is 1.65. The molecule has 1 aliphatic rings. The molecule has 1 fully saturated rings. The summed E-state index contributed by atoms with van der Waals surface area (Å²) in [6, 6.07) is 5.80. The van der Waals surface area contributed by atoms with Crippen LogP contribution < -0.4 is 15.2 Å². The van der Waals surface area contributed by atoms with Gasteiger partial charge in [0.25, 0.3) is 0 Å². The molecule has 2 N–H and O–H groups in total. The highest BCUT2D eigenvalue weighted by molar-refractivity contribution is 5.38. The largest absolute Gasteiger partial charge is 0.497 e. The lowest BCUT2D eigenvalue weighted by molar-refractivity contribution is 0.300. The molecular weight excluding hydrogens is 178 g/mol. The predicted octanol–water partition coefficient (Wildman–Crippen LogP) is 1.70. The molecule has 0 amide bonds. The fourth-order valence-electron chi connectivity index (χ4n) is 1.31. The van der Waals surface area contributed by atoms with Crippen molar-refractivity contribution in [2.24, 2.45) is 5.73 Å². The molecule has 14 heavy (non-hydrogen) atoms. The van der Waals surface area contributed by atoms with E-state index in [0.717, 1.165) is 29.9 Å². The average molecular weight is 193 g/mol. The molecule has 0 unspecified atom stereocenters. The Morgan fingerprint density at radius 3 is 2.57 bits per heavy atom. The Labute approximate surface area is 83.8 Å². The lowest BCUT2D eigenvalue weighted by Gasteiger charge is -2.08. The quantitative estimate of drug-likeness (QED) is 0.791. The van der Waals surface area contributed by atoms with Crippen LogP contribution in [0.4, 0.5) is 0 Å². The van der Waals surface area contributed by atoms with Gasteiger partial charge in [0.15, 0.2) is 0 Å². The van der Waals surface area contributed by atoms with Gasteiger partial charge in [0.2, 0.25) is 0 Å². The topological polar surface area (TPSA) is 44.5 Å². The number of rotatable bonds is 4. The van der Waals surface area contributed by atoms with Crippen LogP contribution in [-0.4, -0.2) is 13.2 Å². The predicted molar refractivity (Wildman–Crippen MR) is 54.5 cm³/mol. The molecule has 0 radical (unpaired) electrons. The van der Waals surface area contributed by atoms with Crippen LogP contribution in [0.3, 0.4) is 0 Å². The second-order valence-corrected chi connectivity index (χ2v) is 3.54. The highest BCUT2D eigenvalue weighted by atomic mass is 16.5. The summed E-state index contributed by atoms with van der Waals surface area (Å²) < 4.78 is 10.8. The van der Waals surface area contributed by atoms with E-state index in [4.69, 9.17) is 15.2 Å². The Balaban J connectivity index is 2.19. The first-order chi connectivity index (χ1) is 6.81. The number of nitrogens with two attached hydrogens (primary N) is 1. The maximum atomic E-state index is 5.67. The molecule has 0 saturated heterocycles. The molecule has 0 bridgehead atoms. The standard InChI is InChI=1S/C11H15NO2/c1-13-10-4-8(7-12)5-11(6-10)14-9-2-3-9/h4-6,9H,2-3,7,12H2,1H3. The molecule has 3 heteroatoms. The molecule has 76 valence electrons. The minimum absolute atomic E-state index is 0.410. The van der Waals surface area contributed by atoms with Gasteiger partial charge < -0.3 is 15.2 Å². The summed E-state index contributed by atoms with van der Waals surface area (Å²) in [4.78, 5) is 0. The van der Waals surface area contributed by atoms with E-state index in [2.05, 4.69) is 0 Å². The molecule has 1 aromatic rings. The van der Waals surface area contributed by atoms with Crippen molar-refractivity contribution in [3.63, 3.8) is 0 Å². The summed E-state index contributed by atoms with van der Waals surface area (Å²) in [5, 5.41) is 0. The Bertz CT molecular complexity index is 299. The Kier molecular flexibility index (Phi) is 2.59. The van der Waals surface area contributed by atoms with Crippen molar-refractivity contribution in [1.29, 1.82) is 0 Å². The summed E-state index contributed by atoms with van der Waals surface area (Å²) in [5.41, 5.74) is 6.62. The van der Waals surface area contributed by atoms with Crippen LogP contribution in [0, 0.1) is 0 Å². The highest BCUT2D eigenvalue weighted by Crippen LogP contribution is 2.29. The van der Waals surface area contributed by atoms with Crippen molar-refractivity contribution < 1.29 is 9.47 Å². The molecule has 0 spiro atoms. The van der Waals surface area contributed by atoms with Gasteiger partial charge in [-0.05, 0) is 30.5 Å². The van der Waals surface area contributed by atoms with Crippen LogP contribution in [0.25, 0.3) is 0 Å². The van der Waals surface area contributed by atoms with Gasteiger partial charge in [-0.3, -0.25) is 0 Å². The third-order valence-corrected chi connectivity index (χ3v) is 2.24. The van der Waals surface area contributed by atoms with E-state index < -0.39 is 0 Å². The maximum absolute atomic E-state index is 5.67. The van der Waals surface area contributed by atoms with Crippen LogP contribution in [0.15, 0.2) is 18.2 Å². The number of ether oxygens (including phenoxy) is 2. The Hall–Kier alpha value is -1.22. The number of methoxy groups -OCH3 is 1. The Morgan fingerprint density at radius 2 is 2.00 bits per heavy atom.